The van der Waals surface area contributed by atoms with Crippen molar-refractivity contribution >= 4 is 39.5 Å². The van der Waals surface area contributed by atoms with Gasteiger partial charge in [0.05, 0.1) is 13.5 Å². The summed E-state index contributed by atoms with van der Waals surface area (Å²) in [6, 6.07) is 13.6. The highest BCUT2D eigenvalue weighted by atomic mass is 35.5. The summed E-state index contributed by atoms with van der Waals surface area (Å²) in [4.78, 5) is 24.7. The number of rotatable bonds is 6. The van der Waals surface area contributed by atoms with E-state index in [9.17, 15) is 9.59 Å². The lowest BCUT2D eigenvalue weighted by Crippen LogP contribution is -2.10. The smallest absolute Gasteiger partial charge is 0.336 e. The summed E-state index contributed by atoms with van der Waals surface area (Å²) in [5, 5.41) is 5.20. The summed E-state index contributed by atoms with van der Waals surface area (Å²) in [6.07, 6.45) is 0.370. The molecule has 0 aliphatic carbocycles. The zero-order valence-electron chi connectivity index (χ0n) is 18.2. The molecule has 0 saturated heterocycles. The number of methoxy groups -OCH3 is 1. The van der Waals surface area contributed by atoms with Gasteiger partial charge in [-0.25, -0.2) is 4.79 Å². The minimum atomic E-state index is -0.523. The van der Waals surface area contributed by atoms with Crippen LogP contribution in [0.15, 0.2) is 66.7 Å². The van der Waals surface area contributed by atoms with Crippen molar-refractivity contribution in [2.75, 3.05) is 7.11 Å². The second-order valence-electron chi connectivity index (χ2n) is 7.67. The number of carbonyl (C=O) groups excluding carboxylic acids is 1. The van der Waals surface area contributed by atoms with Crippen LogP contribution in [-0.2, 0) is 11.2 Å². The van der Waals surface area contributed by atoms with E-state index in [4.69, 9.17) is 34.4 Å². The summed E-state index contributed by atoms with van der Waals surface area (Å²) in [7, 11) is 1.56. The van der Waals surface area contributed by atoms with E-state index in [-0.39, 0.29) is 11.6 Å². The van der Waals surface area contributed by atoms with Crippen LogP contribution in [0.4, 0.5) is 0 Å². The number of aryl methyl sites for hydroxylation is 2. The molecule has 2 aromatic carbocycles. The number of fused-ring (bicyclic) bond motifs is 2. The number of benzene rings is 2. The molecular formula is C25H18ClNO7. The molecule has 0 amide bonds. The molecule has 0 fully saturated rings. The fourth-order valence-electron chi connectivity index (χ4n) is 3.74. The van der Waals surface area contributed by atoms with E-state index in [2.05, 4.69) is 5.16 Å². The molecular weight excluding hydrogens is 462 g/mol. The van der Waals surface area contributed by atoms with Crippen LogP contribution >= 0.6 is 11.6 Å². The van der Waals surface area contributed by atoms with Crippen LogP contribution in [0.1, 0.15) is 17.7 Å². The predicted molar refractivity (Wildman–Crippen MR) is 124 cm³/mol. The first-order chi connectivity index (χ1) is 16.4. The van der Waals surface area contributed by atoms with E-state index in [0.29, 0.717) is 57.1 Å². The molecule has 0 bridgehead atoms. The lowest BCUT2D eigenvalue weighted by atomic mass is 10.0. The Labute approximate surface area is 197 Å². The SMILES string of the molecule is COc1cccc2cc(-c3cc(=O)oc4cc(C)c(OC(=O)CCc5cc(Cl)no5)cc34)oc12. The van der Waals surface area contributed by atoms with Crippen molar-refractivity contribution in [2.24, 2.45) is 0 Å². The van der Waals surface area contributed by atoms with Crippen LogP contribution < -0.4 is 15.1 Å². The van der Waals surface area contributed by atoms with Crippen molar-refractivity contribution in [3.05, 3.63) is 75.4 Å². The molecule has 9 heteroatoms. The molecule has 3 heterocycles. The summed E-state index contributed by atoms with van der Waals surface area (Å²) in [5.41, 5.74) is 1.54. The Balaban J connectivity index is 1.51. The zero-order chi connectivity index (χ0) is 23.8. The van der Waals surface area contributed by atoms with Crippen molar-refractivity contribution in [1.82, 2.24) is 5.16 Å². The van der Waals surface area contributed by atoms with E-state index >= 15 is 0 Å². The van der Waals surface area contributed by atoms with Gasteiger partial charge in [0.15, 0.2) is 16.5 Å². The maximum absolute atomic E-state index is 12.5. The normalized spacial score (nSPS) is 11.3. The second kappa shape index (κ2) is 8.72. The Hall–Kier alpha value is -4.04. The number of para-hydroxylation sites is 1. The highest BCUT2D eigenvalue weighted by molar-refractivity contribution is 6.29. The molecule has 0 aliphatic rings. The van der Waals surface area contributed by atoms with Gasteiger partial charge in [0.1, 0.15) is 22.9 Å². The fraction of sp³-hybridized carbons (Fsp3) is 0.160. The number of halogens is 1. The second-order valence-corrected chi connectivity index (χ2v) is 8.06. The van der Waals surface area contributed by atoms with Gasteiger partial charge < -0.3 is 22.8 Å². The van der Waals surface area contributed by atoms with Gasteiger partial charge in [-0.05, 0) is 36.8 Å². The van der Waals surface area contributed by atoms with Gasteiger partial charge in [-0.2, -0.15) is 0 Å². The quantitative estimate of drug-likeness (QED) is 0.173. The zero-order valence-corrected chi connectivity index (χ0v) is 19.0. The molecule has 0 unspecified atom stereocenters. The minimum absolute atomic E-state index is 0.0725. The molecule has 8 nitrogen and oxygen atoms in total. The Kier molecular flexibility index (Phi) is 5.59. The summed E-state index contributed by atoms with van der Waals surface area (Å²) >= 11 is 5.73. The maximum atomic E-state index is 12.5. The first-order valence-corrected chi connectivity index (χ1v) is 10.8. The lowest BCUT2D eigenvalue weighted by molar-refractivity contribution is -0.134. The van der Waals surface area contributed by atoms with Crippen molar-refractivity contribution in [1.29, 1.82) is 0 Å². The van der Waals surface area contributed by atoms with Crippen LogP contribution in [-0.4, -0.2) is 18.2 Å². The number of ether oxygens (including phenoxy) is 2. The minimum Gasteiger partial charge on any atom is -0.493 e. The number of nitrogens with zero attached hydrogens (tertiary/aromatic N) is 1. The van der Waals surface area contributed by atoms with Crippen LogP contribution in [0.25, 0.3) is 33.3 Å². The van der Waals surface area contributed by atoms with Crippen molar-refractivity contribution in [3.8, 4) is 22.8 Å². The molecule has 34 heavy (non-hydrogen) atoms. The number of carbonyl (C=O) groups is 1. The molecule has 0 saturated carbocycles. The molecule has 3 aromatic heterocycles. The van der Waals surface area contributed by atoms with Crippen molar-refractivity contribution in [2.45, 2.75) is 19.8 Å². The van der Waals surface area contributed by atoms with Gasteiger partial charge >= 0.3 is 11.6 Å². The number of esters is 1. The molecule has 172 valence electrons. The molecule has 0 spiro atoms. The van der Waals surface area contributed by atoms with Gasteiger partial charge in [-0.15, -0.1) is 0 Å². The molecule has 0 aliphatic heterocycles. The number of aromatic nitrogens is 1. The Morgan fingerprint density at radius 3 is 2.71 bits per heavy atom. The molecule has 0 radical (unpaired) electrons. The molecule has 5 aromatic rings. The van der Waals surface area contributed by atoms with Crippen molar-refractivity contribution < 1.29 is 27.6 Å². The van der Waals surface area contributed by atoms with E-state index < -0.39 is 11.6 Å². The van der Waals surface area contributed by atoms with E-state index in [1.165, 1.54) is 6.07 Å². The standard InChI is InChI=1S/C25H18ClNO7/c1-13-8-20-16(11-19(13)31-23(28)7-6-15-10-22(26)27-34-15)17(12-24(29)32-20)21-9-14-4-3-5-18(30-2)25(14)33-21/h3-5,8-12H,6-7H2,1-2H3. The number of hydrogen-bond acceptors (Lipinski definition) is 8. The average molecular weight is 480 g/mol. The third-order valence-electron chi connectivity index (χ3n) is 5.36. The van der Waals surface area contributed by atoms with Crippen LogP contribution in [0.5, 0.6) is 11.5 Å². The van der Waals surface area contributed by atoms with Gasteiger partial charge in [-0.1, -0.05) is 28.9 Å². The van der Waals surface area contributed by atoms with Crippen LogP contribution in [0.3, 0.4) is 0 Å². The topological polar surface area (TPSA) is 105 Å². The predicted octanol–water partition coefficient (Wildman–Crippen LogP) is 5.70. The fourth-order valence-corrected chi connectivity index (χ4v) is 3.89. The van der Waals surface area contributed by atoms with Crippen molar-refractivity contribution in [3.63, 3.8) is 0 Å². The van der Waals surface area contributed by atoms with Gasteiger partial charge in [0.25, 0.3) is 0 Å². The number of furan rings is 1. The summed E-state index contributed by atoms with van der Waals surface area (Å²) in [6.45, 7) is 1.76. The average Bonchev–Trinajstić information content (AvgIpc) is 3.43. The molecule has 5 rings (SSSR count). The van der Waals surface area contributed by atoms with E-state index in [1.807, 2.05) is 18.2 Å². The highest BCUT2D eigenvalue weighted by Gasteiger charge is 2.18. The Morgan fingerprint density at radius 2 is 1.94 bits per heavy atom. The Bertz CT molecular complexity index is 1590. The number of hydrogen-bond donors (Lipinski definition) is 0. The van der Waals surface area contributed by atoms with Crippen LogP contribution in [0.2, 0.25) is 5.15 Å². The Morgan fingerprint density at radius 1 is 1.09 bits per heavy atom. The maximum Gasteiger partial charge on any atom is 0.336 e. The largest absolute Gasteiger partial charge is 0.493 e. The third-order valence-corrected chi connectivity index (χ3v) is 5.54. The third kappa shape index (κ3) is 4.15. The first kappa shape index (κ1) is 21.8. The lowest BCUT2D eigenvalue weighted by Gasteiger charge is -2.10. The van der Waals surface area contributed by atoms with Gasteiger partial charge in [0, 0.05) is 34.9 Å². The summed E-state index contributed by atoms with van der Waals surface area (Å²) < 4.78 is 27.4. The summed E-state index contributed by atoms with van der Waals surface area (Å²) in [5.74, 6) is 1.41. The molecule has 0 N–H and O–H groups in total. The monoisotopic (exact) mass is 479 g/mol. The van der Waals surface area contributed by atoms with E-state index in [0.717, 1.165) is 5.39 Å². The van der Waals surface area contributed by atoms with Crippen LogP contribution in [0, 0.1) is 6.92 Å². The molecule has 0 atom stereocenters. The van der Waals surface area contributed by atoms with Gasteiger partial charge in [-0.3, -0.25) is 4.79 Å². The highest BCUT2D eigenvalue weighted by Crippen LogP contribution is 2.37. The van der Waals surface area contributed by atoms with E-state index in [1.54, 1.807) is 38.3 Å². The van der Waals surface area contributed by atoms with Gasteiger partial charge in [0.2, 0.25) is 0 Å². The first-order valence-electron chi connectivity index (χ1n) is 10.4.